The van der Waals surface area contributed by atoms with Crippen LogP contribution in [0, 0.1) is 6.92 Å². The fourth-order valence-electron chi connectivity index (χ4n) is 3.60. The van der Waals surface area contributed by atoms with Gasteiger partial charge in [-0.05, 0) is 48.9 Å². The van der Waals surface area contributed by atoms with Crippen LogP contribution in [-0.4, -0.2) is 5.11 Å². The molecule has 2 heterocycles. The third-order valence-electron chi connectivity index (χ3n) is 5.08. The summed E-state index contributed by atoms with van der Waals surface area (Å²) >= 11 is 0. The highest BCUT2D eigenvalue weighted by molar-refractivity contribution is 6.05. The molecule has 0 aliphatic heterocycles. The number of para-hydroxylation sites is 1. The highest BCUT2D eigenvalue weighted by Crippen LogP contribution is 2.31. The molecule has 0 aliphatic rings. The van der Waals surface area contributed by atoms with Crippen molar-refractivity contribution in [3.63, 3.8) is 0 Å². The highest BCUT2D eigenvalue weighted by Gasteiger charge is 2.11. The zero-order valence-corrected chi connectivity index (χ0v) is 15.2. The molecule has 0 spiro atoms. The molecule has 3 aromatic carbocycles. The quantitative estimate of drug-likeness (QED) is 0.420. The van der Waals surface area contributed by atoms with Gasteiger partial charge in [0.25, 0.3) is 0 Å². The molecular weight excluding hydrogens is 354 g/mol. The molecule has 0 atom stereocenters. The second-order valence-corrected chi connectivity index (χ2v) is 6.84. The van der Waals surface area contributed by atoms with E-state index >= 15 is 0 Å². The lowest BCUT2D eigenvalue weighted by molar-refractivity contribution is 0.468. The van der Waals surface area contributed by atoms with Crippen molar-refractivity contribution >= 4 is 38.6 Å². The Balaban J connectivity index is 1.53. The predicted octanol–water partition coefficient (Wildman–Crippen LogP) is 5.32. The van der Waals surface area contributed by atoms with Gasteiger partial charge in [-0.2, -0.15) is 0 Å². The zero-order chi connectivity index (χ0) is 19.3. The second-order valence-electron chi connectivity index (χ2n) is 6.84. The van der Waals surface area contributed by atoms with Gasteiger partial charge in [0.1, 0.15) is 22.5 Å². The van der Waals surface area contributed by atoms with Crippen LogP contribution in [0.3, 0.4) is 0 Å². The minimum absolute atomic E-state index is 0.109. The molecule has 0 unspecified atom stereocenters. The molecule has 138 valence electrons. The Hall–Kier alpha value is -3.73. The number of hydrogen-bond donors (Lipinski definition) is 2. The van der Waals surface area contributed by atoms with E-state index in [1.807, 2.05) is 42.5 Å². The van der Waals surface area contributed by atoms with Crippen molar-refractivity contribution in [1.29, 1.82) is 0 Å². The topological polar surface area (TPSA) is 75.6 Å². The SMILES string of the molecule is Cc1c(O)ccc2c(CNc3ccc4oc5ccccc5c4c3)cc(=O)oc12. The molecule has 0 amide bonds. The van der Waals surface area contributed by atoms with Gasteiger partial charge >= 0.3 is 5.63 Å². The van der Waals surface area contributed by atoms with Crippen molar-refractivity contribution in [1.82, 2.24) is 0 Å². The number of phenols is 1. The number of anilines is 1. The second kappa shape index (κ2) is 6.16. The third kappa shape index (κ3) is 2.60. The van der Waals surface area contributed by atoms with Gasteiger partial charge in [0, 0.05) is 40.0 Å². The number of phenolic OH excluding ortho intramolecular Hbond substituents is 1. The van der Waals surface area contributed by atoms with Crippen molar-refractivity contribution < 1.29 is 13.9 Å². The fraction of sp³-hybridized carbons (Fsp3) is 0.0870. The summed E-state index contributed by atoms with van der Waals surface area (Å²) < 4.78 is 11.2. The Bertz CT molecular complexity index is 1410. The summed E-state index contributed by atoms with van der Waals surface area (Å²) in [6, 6.07) is 18.7. The predicted molar refractivity (Wildman–Crippen MR) is 110 cm³/mol. The maximum Gasteiger partial charge on any atom is 0.336 e. The largest absolute Gasteiger partial charge is 0.508 e. The fourth-order valence-corrected chi connectivity index (χ4v) is 3.60. The van der Waals surface area contributed by atoms with Gasteiger partial charge in [0.05, 0.1) is 0 Å². The number of nitrogens with one attached hydrogen (secondary N) is 1. The van der Waals surface area contributed by atoms with Crippen LogP contribution in [0.25, 0.3) is 32.9 Å². The van der Waals surface area contributed by atoms with Gasteiger partial charge in [0.15, 0.2) is 0 Å². The van der Waals surface area contributed by atoms with Gasteiger partial charge in [-0.3, -0.25) is 0 Å². The van der Waals surface area contributed by atoms with Crippen molar-refractivity contribution in [3.8, 4) is 5.75 Å². The Labute approximate surface area is 159 Å². The average Bonchev–Trinajstić information content (AvgIpc) is 3.07. The number of hydrogen-bond acceptors (Lipinski definition) is 5. The summed E-state index contributed by atoms with van der Waals surface area (Å²) in [6.45, 7) is 2.18. The minimum Gasteiger partial charge on any atom is -0.508 e. The lowest BCUT2D eigenvalue weighted by atomic mass is 10.1. The maximum absolute atomic E-state index is 12.0. The first-order valence-electron chi connectivity index (χ1n) is 9.00. The summed E-state index contributed by atoms with van der Waals surface area (Å²) in [7, 11) is 0. The number of aromatic hydroxyl groups is 1. The van der Waals surface area contributed by atoms with Crippen LogP contribution in [0.5, 0.6) is 5.75 Å². The van der Waals surface area contributed by atoms with Gasteiger partial charge in [-0.25, -0.2) is 4.79 Å². The van der Waals surface area contributed by atoms with E-state index < -0.39 is 5.63 Å². The molecule has 28 heavy (non-hydrogen) atoms. The van der Waals surface area contributed by atoms with Gasteiger partial charge < -0.3 is 19.3 Å². The van der Waals surface area contributed by atoms with Crippen LogP contribution in [0.2, 0.25) is 0 Å². The molecule has 5 heteroatoms. The lowest BCUT2D eigenvalue weighted by Crippen LogP contribution is -2.06. The number of fused-ring (bicyclic) bond motifs is 4. The molecule has 5 aromatic rings. The Morgan fingerprint density at radius 2 is 1.71 bits per heavy atom. The molecule has 0 bridgehead atoms. The average molecular weight is 371 g/mol. The molecule has 5 nitrogen and oxygen atoms in total. The Morgan fingerprint density at radius 1 is 0.893 bits per heavy atom. The molecule has 2 aromatic heterocycles. The third-order valence-corrected chi connectivity index (χ3v) is 5.08. The van der Waals surface area contributed by atoms with Crippen LogP contribution in [-0.2, 0) is 6.54 Å². The van der Waals surface area contributed by atoms with E-state index in [1.165, 1.54) is 6.07 Å². The monoisotopic (exact) mass is 371 g/mol. The number of rotatable bonds is 3. The molecular formula is C23H17NO4. The minimum atomic E-state index is -0.436. The van der Waals surface area contributed by atoms with Crippen molar-refractivity contribution in [2.45, 2.75) is 13.5 Å². The van der Waals surface area contributed by atoms with E-state index in [0.717, 1.165) is 38.6 Å². The maximum atomic E-state index is 12.0. The summed E-state index contributed by atoms with van der Waals surface area (Å²) in [6.07, 6.45) is 0. The first kappa shape index (κ1) is 16.4. The first-order valence-corrected chi connectivity index (χ1v) is 9.00. The lowest BCUT2D eigenvalue weighted by Gasteiger charge is -2.10. The smallest absolute Gasteiger partial charge is 0.336 e. The molecule has 2 N–H and O–H groups in total. The summed E-state index contributed by atoms with van der Waals surface area (Å²) in [4.78, 5) is 12.0. The van der Waals surface area contributed by atoms with Crippen LogP contribution in [0.4, 0.5) is 5.69 Å². The molecule has 0 saturated heterocycles. The van der Waals surface area contributed by atoms with Crippen LogP contribution in [0.1, 0.15) is 11.1 Å². The highest BCUT2D eigenvalue weighted by atomic mass is 16.4. The molecule has 0 saturated carbocycles. The summed E-state index contributed by atoms with van der Waals surface area (Å²) in [5.74, 6) is 0.109. The number of benzene rings is 3. The van der Waals surface area contributed by atoms with Gasteiger partial charge in [-0.15, -0.1) is 0 Å². The standard InChI is InChI=1S/C23H17NO4/c1-13-19(25)8-7-16-14(10-22(26)28-23(13)16)12-24-15-6-9-21-18(11-15)17-4-2-3-5-20(17)27-21/h2-11,24-25H,12H2,1H3. The van der Waals surface area contributed by atoms with E-state index in [9.17, 15) is 9.90 Å². The van der Waals surface area contributed by atoms with Crippen LogP contribution in [0.15, 0.2) is 74.3 Å². The Morgan fingerprint density at radius 3 is 2.61 bits per heavy atom. The van der Waals surface area contributed by atoms with Gasteiger partial charge in [-0.1, -0.05) is 18.2 Å². The van der Waals surface area contributed by atoms with E-state index in [4.69, 9.17) is 8.83 Å². The van der Waals surface area contributed by atoms with E-state index in [-0.39, 0.29) is 5.75 Å². The van der Waals surface area contributed by atoms with Crippen molar-refractivity contribution in [2.75, 3.05) is 5.32 Å². The van der Waals surface area contributed by atoms with Crippen LogP contribution >= 0.6 is 0 Å². The van der Waals surface area contributed by atoms with E-state index in [0.29, 0.717) is 17.7 Å². The number of furan rings is 1. The Kier molecular flexibility index (Phi) is 3.62. The summed E-state index contributed by atoms with van der Waals surface area (Å²) in [5, 5.41) is 16.2. The van der Waals surface area contributed by atoms with Crippen LogP contribution < -0.4 is 10.9 Å². The van der Waals surface area contributed by atoms with E-state index in [2.05, 4.69) is 5.32 Å². The zero-order valence-electron chi connectivity index (χ0n) is 15.2. The molecule has 5 rings (SSSR count). The number of aryl methyl sites for hydroxylation is 1. The van der Waals surface area contributed by atoms with E-state index in [1.54, 1.807) is 19.1 Å². The molecule has 0 aliphatic carbocycles. The van der Waals surface area contributed by atoms with Crippen molar-refractivity contribution in [3.05, 3.63) is 82.2 Å². The molecule has 0 radical (unpaired) electrons. The molecule has 0 fully saturated rings. The van der Waals surface area contributed by atoms with Gasteiger partial charge in [0.2, 0.25) is 0 Å². The van der Waals surface area contributed by atoms with Crippen molar-refractivity contribution in [2.24, 2.45) is 0 Å². The summed E-state index contributed by atoms with van der Waals surface area (Å²) in [5.41, 5.74) is 3.97. The first-order chi connectivity index (χ1) is 13.6. The normalized spacial score (nSPS) is 11.5.